The molecule has 0 saturated heterocycles. The molecule has 3 amide bonds. The fourth-order valence-corrected chi connectivity index (χ4v) is 7.97. The molecule has 3 aromatic heterocycles. The molecule has 2 fully saturated rings. The molecule has 4 N–H and O–H groups in total. The van der Waals surface area contributed by atoms with Gasteiger partial charge in [0.05, 0.1) is 17.3 Å². The maximum Gasteiger partial charge on any atom is 0.435 e. The maximum atomic E-state index is 15.7. The molecule has 11 nitrogen and oxygen atoms in total. The van der Waals surface area contributed by atoms with E-state index in [1.165, 1.54) is 24.6 Å². The monoisotopic (exact) mass is 822 g/mol. The number of benzene rings is 2. The first-order valence-electron chi connectivity index (χ1n) is 18.9. The molecule has 2 aromatic carbocycles. The van der Waals surface area contributed by atoms with E-state index in [2.05, 4.69) is 38.0 Å². The third kappa shape index (κ3) is 7.83. The summed E-state index contributed by atoms with van der Waals surface area (Å²) >= 11 is 0. The summed E-state index contributed by atoms with van der Waals surface area (Å²) in [6, 6.07) is 9.28. The lowest BCUT2D eigenvalue weighted by Gasteiger charge is -2.34. The molecule has 308 valence electrons. The SMILES string of the molecule is Cn1nc(NC(=O)NC2CC2)c2cccc(-c3ccc(C#CC(C)(C)O)nc3[C@H](Cc3cc(F)cc(F)c3)NC(=O)Cn3nc(C(F)(F)F)c4c3C(F)(F)[C@@H]3CC[C@H]43)c21. The van der Waals surface area contributed by atoms with Crippen LogP contribution in [0.4, 0.5) is 41.3 Å². The lowest BCUT2D eigenvalue weighted by atomic mass is 9.73. The van der Waals surface area contributed by atoms with Crippen LogP contribution in [-0.2, 0) is 36.9 Å². The van der Waals surface area contributed by atoms with Gasteiger partial charge in [0.2, 0.25) is 5.91 Å². The lowest BCUT2D eigenvalue weighted by molar-refractivity contribution is -0.144. The van der Waals surface area contributed by atoms with E-state index in [1.54, 1.807) is 31.3 Å². The molecule has 2 saturated carbocycles. The van der Waals surface area contributed by atoms with Crippen LogP contribution in [0.2, 0.25) is 0 Å². The van der Waals surface area contributed by atoms with Gasteiger partial charge in [-0.3, -0.25) is 19.5 Å². The molecule has 8 rings (SSSR count). The van der Waals surface area contributed by atoms with Crippen molar-refractivity contribution < 1.29 is 45.4 Å². The number of halogens is 7. The summed E-state index contributed by atoms with van der Waals surface area (Å²) < 4.78 is 105. The Balaban J connectivity index is 1.24. The number of hydrogen-bond acceptors (Lipinski definition) is 6. The van der Waals surface area contributed by atoms with E-state index in [-0.39, 0.29) is 48.1 Å². The molecule has 18 heteroatoms. The van der Waals surface area contributed by atoms with Crippen molar-refractivity contribution in [3.05, 3.63) is 94.1 Å². The number of carbonyl (C=O) groups is 2. The number of fused-ring (bicyclic) bond motifs is 4. The van der Waals surface area contributed by atoms with Gasteiger partial charge in [-0.25, -0.2) is 18.6 Å². The van der Waals surface area contributed by atoms with E-state index in [1.807, 2.05) is 0 Å². The molecule has 0 bridgehead atoms. The van der Waals surface area contributed by atoms with Crippen LogP contribution in [0.15, 0.2) is 48.5 Å². The number of carbonyl (C=O) groups excluding carboxylic acids is 2. The number of para-hydroxylation sites is 1. The zero-order chi connectivity index (χ0) is 42.2. The summed E-state index contributed by atoms with van der Waals surface area (Å²) in [4.78, 5) is 31.5. The van der Waals surface area contributed by atoms with Crippen LogP contribution in [0.5, 0.6) is 0 Å². The first kappa shape index (κ1) is 39.8. The molecular formula is C41H37F7N8O3. The number of alkyl halides is 5. The van der Waals surface area contributed by atoms with Gasteiger partial charge in [-0.1, -0.05) is 18.1 Å². The molecule has 3 atom stereocenters. The second kappa shape index (κ2) is 14.4. The zero-order valence-corrected chi connectivity index (χ0v) is 31.8. The fraction of sp³-hybridized carbons (Fsp3) is 0.390. The van der Waals surface area contributed by atoms with Crippen LogP contribution in [0.25, 0.3) is 22.0 Å². The van der Waals surface area contributed by atoms with Gasteiger partial charge >= 0.3 is 12.2 Å². The van der Waals surface area contributed by atoms with Crippen molar-refractivity contribution in [3.8, 4) is 23.0 Å². The minimum atomic E-state index is -5.07. The number of hydrogen-bond donors (Lipinski definition) is 4. The molecule has 0 aliphatic heterocycles. The molecule has 0 radical (unpaired) electrons. The number of urea groups is 1. The number of rotatable bonds is 9. The molecule has 0 spiro atoms. The topological polar surface area (TPSA) is 139 Å². The fourth-order valence-electron chi connectivity index (χ4n) is 7.97. The van der Waals surface area contributed by atoms with Crippen molar-refractivity contribution in [3.63, 3.8) is 0 Å². The Morgan fingerprint density at radius 2 is 1.73 bits per heavy atom. The van der Waals surface area contributed by atoms with Crippen LogP contribution < -0.4 is 16.0 Å². The van der Waals surface area contributed by atoms with Gasteiger partial charge in [0.15, 0.2) is 11.5 Å². The summed E-state index contributed by atoms with van der Waals surface area (Å²) in [7, 11) is 1.64. The van der Waals surface area contributed by atoms with Crippen LogP contribution in [-0.4, -0.2) is 53.2 Å². The van der Waals surface area contributed by atoms with Crippen LogP contribution in [0.1, 0.15) is 85.4 Å². The highest BCUT2D eigenvalue weighted by Gasteiger charge is 2.63. The highest BCUT2D eigenvalue weighted by Crippen LogP contribution is 2.64. The molecule has 3 aliphatic rings. The summed E-state index contributed by atoms with van der Waals surface area (Å²) in [5, 5.41) is 27.2. The average molecular weight is 823 g/mol. The predicted octanol–water partition coefficient (Wildman–Crippen LogP) is 7.23. The number of pyridine rings is 1. The summed E-state index contributed by atoms with van der Waals surface area (Å²) in [6.07, 6.45) is -3.56. The summed E-state index contributed by atoms with van der Waals surface area (Å²) in [5.74, 6) is -3.32. The van der Waals surface area contributed by atoms with Gasteiger partial charge in [-0.2, -0.15) is 32.1 Å². The second-order valence-corrected chi connectivity index (χ2v) is 15.8. The lowest BCUT2D eigenvalue weighted by Crippen LogP contribution is -2.36. The smallest absolute Gasteiger partial charge is 0.378 e. The van der Waals surface area contributed by atoms with E-state index < -0.39 is 82.6 Å². The molecule has 5 aromatic rings. The molecule has 3 aliphatic carbocycles. The Morgan fingerprint density at radius 1 is 1.00 bits per heavy atom. The van der Waals surface area contributed by atoms with E-state index >= 15 is 8.78 Å². The van der Waals surface area contributed by atoms with Gasteiger partial charge in [-0.15, -0.1) is 0 Å². The number of aliphatic hydroxyl groups is 1. The largest absolute Gasteiger partial charge is 0.435 e. The quantitative estimate of drug-likeness (QED) is 0.0915. The first-order valence-corrected chi connectivity index (χ1v) is 18.9. The Hall–Kier alpha value is -5.96. The number of nitrogens with zero attached hydrogens (tertiary/aromatic N) is 5. The molecular weight excluding hydrogens is 785 g/mol. The zero-order valence-electron chi connectivity index (χ0n) is 31.8. The Morgan fingerprint density at radius 3 is 2.37 bits per heavy atom. The van der Waals surface area contributed by atoms with Crippen LogP contribution in [0, 0.1) is 29.4 Å². The molecule has 3 heterocycles. The van der Waals surface area contributed by atoms with Crippen molar-refractivity contribution in [2.24, 2.45) is 13.0 Å². The Labute approximate surface area is 332 Å². The minimum Gasteiger partial charge on any atom is -0.378 e. The van der Waals surface area contributed by atoms with Crippen LogP contribution >= 0.6 is 0 Å². The maximum absolute atomic E-state index is 15.7. The Bertz CT molecular complexity index is 2560. The van der Waals surface area contributed by atoms with Crippen molar-refractivity contribution in [2.45, 2.75) is 88.2 Å². The van der Waals surface area contributed by atoms with E-state index in [0.29, 0.717) is 32.8 Å². The first-order chi connectivity index (χ1) is 27.8. The molecule has 59 heavy (non-hydrogen) atoms. The van der Waals surface area contributed by atoms with Gasteiger partial charge in [0.25, 0.3) is 5.92 Å². The summed E-state index contributed by atoms with van der Waals surface area (Å²) in [5.41, 5.74) is -2.98. The Kier molecular flexibility index (Phi) is 9.72. The van der Waals surface area contributed by atoms with Gasteiger partial charge in [0, 0.05) is 47.2 Å². The van der Waals surface area contributed by atoms with E-state index in [4.69, 9.17) is 4.98 Å². The number of nitrogens with one attached hydrogen (secondary N) is 3. The van der Waals surface area contributed by atoms with Gasteiger partial charge < -0.3 is 15.7 Å². The normalized spacial score (nSPS) is 18.6. The van der Waals surface area contributed by atoms with Crippen molar-refractivity contribution in [1.82, 2.24) is 35.2 Å². The third-order valence-corrected chi connectivity index (χ3v) is 10.7. The van der Waals surface area contributed by atoms with E-state index in [9.17, 15) is 36.6 Å². The minimum absolute atomic E-state index is 0.0118. The number of amides is 3. The van der Waals surface area contributed by atoms with Crippen molar-refractivity contribution in [1.29, 1.82) is 0 Å². The molecule has 0 unspecified atom stereocenters. The number of aryl methyl sites for hydroxylation is 1. The van der Waals surface area contributed by atoms with Gasteiger partial charge in [0.1, 0.15) is 35.2 Å². The third-order valence-electron chi connectivity index (χ3n) is 10.7. The number of anilines is 1. The standard InChI is InChI=1S/C41H37F7N8O3/c1-39(2,59)14-13-24-9-10-25(26-5-4-6-28-34(26)55(3)54-37(28)52-38(58)50-23-7-8-23)33(49-24)30(17-20-15-21(42)18-22(43)16-20)51-31(57)19-56-36-32(35(53-56)41(46,47)48)27-11-12-29(27)40(36,44)45/h4-6,9-10,15-16,18,23,27,29-30,59H,7-8,11-12,17,19H2,1-3H3,(H,51,57)(H2,50,52,54,58)/t27-,29+,30-/m0/s1. The van der Waals surface area contributed by atoms with Crippen LogP contribution in [0.3, 0.4) is 0 Å². The van der Waals surface area contributed by atoms with Crippen molar-refractivity contribution >= 4 is 28.7 Å². The van der Waals surface area contributed by atoms with Gasteiger partial charge in [-0.05, 0) is 93.7 Å². The average Bonchev–Trinajstić information content (AvgIpc) is 3.71. The predicted molar refractivity (Wildman–Crippen MR) is 200 cm³/mol. The van der Waals surface area contributed by atoms with E-state index in [0.717, 1.165) is 25.0 Å². The summed E-state index contributed by atoms with van der Waals surface area (Å²) in [6.45, 7) is 1.84. The highest BCUT2D eigenvalue weighted by molar-refractivity contribution is 6.04. The highest BCUT2D eigenvalue weighted by atomic mass is 19.4. The second-order valence-electron chi connectivity index (χ2n) is 15.8. The van der Waals surface area contributed by atoms with Crippen molar-refractivity contribution in [2.75, 3.05) is 5.32 Å². The number of aromatic nitrogens is 5.